The van der Waals surface area contributed by atoms with E-state index in [-0.39, 0.29) is 0 Å². The van der Waals surface area contributed by atoms with Crippen LogP contribution in [0.15, 0.2) is 52.4 Å². The molecular formula is C19H25N5O. The molecule has 0 aliphatic heterocycles. The van der Waals surface area contributed by atoms with E-state index >= 15 is 0 Å². The van der Waals surface area contributed by atoms with Crippen molar-refractivity contribution in [2.45, 2.75) is 33.4 Å². The van der Waals surface area contributed by atoms with E-state index in [9.17, 15) is 0 Å². The number of hydrogen-bond donors (Lipinski definition) is 2. The Morgan fingerprint density at radius 3 is 2.92 bits per heavy atom. The van der Waals surface area contributed by atoms with Gasteiger partial charge < -0.3 is 19.6 Å². The van der Waals surface area contributed by atoms with Crippen LogP contribution in [-0.4, -0.2) is 28.6 Å². The van der Waals surface area contributed by atoms with E-state index in [4.69, 9.17) is 4.42 Å². The van der Waals surface area contributed by atoms with Crippen LogP contribution in [-0.2, 0) is 13.1 Å². The number of aliphatic imine (C=N–C) groups is 1. The molecule has 0 atom stereocenters. The summed E-state index contributed by atoms with van der Waals surface area (Å²) in [6.07, 6.45) is 6.62. The number of aryl methyl sites for hydroxylation is 2. The Balaban J connectivity index is 1.58. The molecule has 0 saturated heterocycles. The highest BCUT2D eigenvalue weighted by molar-refractivity contribution is 5.82. The van der Waals surface area contributed by atoms with Gasteiger partial charge >= 0.3 is 0 Å². The smallest absolute Gasteiger partial charge is 0.191 e. The van der Waals surface area contributed by atoms with Crippen LogP contribution in [0.5, 0.6) is 0 Å². The number of nitrogens with one attached hydrogen (secondary N) is 2. The van der Waals surface area contributed by atoms with Crippen LogP contribution < -0.4 is 10.6 Å². The Morgan fingerprint density at radius 2 is 2.16 bits per heavy atom. The number of fused-ring (bicyclic) bond motifs is 1. The average Bonchev–Trinajstić information content (AvgIpc) is 3.25. The zero-order valence-electron chi connectivity index (χ0n) is 14.8. The number of imidazole rings is 1. The van der Waals surface area contributed by atoms with Gasteiger partial charge in [0.15, 0.2) is 5.96 Å². The summed E-state index contributed by atoms with van der Waals surface area (Å²) in [5.41, 5.74) is 2.08. The summed E-state index contributed by atoms with van der Waals surface area (Å²) in [6, 6.07) is 8.10. The highest BCUT2D eigenvalue weighted by Gasteiger charge is 2.09. The van der Waals surface area contributed by atoms with Crippen molar-refractivity contribution in [2.75, 3.05) is 13.1 Å². The minimum absolute atomic E-state index is 0.525. The van der Waals surface area contributed by atoms with Crippen LogP contribution in [0.25, 0.3) is 11.0 Å². The second kappa shape index (κ2) is 8.37. The summed E-state index contributed by atoms with van der Waals surface area (Å²) in [6.45, 7) is 7.29. The Hall–Kier alpha value is -2.76. The molecule has 0 unspecified atom stereocenters. The highest BCUT2D eigenvalue weighted by atomic mass is 16.3. The van der Waals surface area contributed by atoms with Crippen LogP contribution in [0.2, 0.25) is 0 Å². The molecule has 2 aromatic heterocycles. The van der Waals surface area contributed by atoms with Gasteiger partial charge in [-0.05, 0) is 26.3 Å². The van der Waals surface area contributed by atoms with Crippen molar-refractivity contribution in [3.8, 4) is 0 Å². The number of rotatable bonds is 7. The molecule has 0 saturated carbocycles. The third kappa shape index (κ3) is 4.41. The summed E-state index contributed by atoms with van der Waals surface area (Å²) in [5.74, 6) is 1.73. The van der Waals surface area contributed by atoms with Crippen molar-refractivity contribution in [1.82, 2.24) is 20.2 Å². The molecule has 132 valence electrons. The molecule has 6 heteroatoms. The van der Waals surface area contributed by atoms with Gasteiger partial charge in [-0.1, -0.05) is 18.2 Å². The second-order valence-electron chi connectivity index (χ2n) is 5.92. The van der Waals surface area contributed by atoms with Gasteiger partial charge in [0, 0.05) is 43.0 Å². The zero-order chi connectivity index (χ0) is 17.5. The van der Waals surface area contributed by atoms with Gasteiger partial charge in [-0.15, -0.1) is 0 Å². The molecule has 0 amide bonds. The number of para-hydroxylation sites is 1. The fourth-order valence-electron chi connectivity index (χ4n) is 2.76. The molecule has 2 N–H and O–H groups in total. The van der Waals surface area contributed by atoms with E-state index < -0.39 is 0 Å². The normalized spacial score (nSPS) is 11.8. The fourth-order valence-corrected chi connectivity index (χ4v) is 2.76. The van der Waals surface area contributed by atoms with Gasteiger partial charge in [0.2, 0.25) is 0 Å². The number of furan rings is 1. The molecule has 0 spiro atoms. The summed E-state index contributed by atoms with van der Waals surface area (Å²) >= 11 is 0. The maximum Gasteiger partial charge on any atom is 0.191 e. The molecule has 3 aromatic rings. The van der Waals surface area contributed by atoms with Crippen molar-refractivity contribution in [1.29, 1.82) is 0 Å². The van der Waals surface area contributed by atoms with Crippen LogP contribution in [0, 0.1) is 6.92 Å². The van der Waals surface area contributed by atoms with Gasteiger partial charge in [0.1, 0.15) is 17.9 Å². The third-order valence-corrected chi connectivity index (χ3v) is 4.11. The Kier molecular flexibility index (Phi) is 5.72. The number of aromatic nitrogens is 2. The second-order valence-corrected chi connectivity index (χ2v) is 5.92. The minimum Gasteiger partial charge on any atom is -0.459 e. The van der Waals surface area contributed by atoms with Crippen LogP contribution in [0.1, 0.15) is 24.7 Å². The van der Waals surface area contributed by atoms with Crippen molar-refractivity contribution in [3.05, 3.63) is 54.3 Å². The van der Waals surface area contributed by atoms with Gasteiger partial charge in [0.25, 0.3) is 0 Å². The predicted octanol–water partition coefficient (Wildman–Crippen LogP) is 3.08. The molecular weight excluding hydrogens is 314 g/mol. The summed E-state index contributed by atoms with van der Waals surface area (Å²) in [4.78, 5) is 8.71. The van der Waals surface area contributed by atoms with Crippen molar-refractivity contribution < 1.29 is 4.42 Å². The SMILES string of the molecule is CCNC(=NCc1oc2ccccc2c1C)NCCCn1ccnc1. The number of nitrogens with zero attached hydrogens (tertiary/aromatic N) is 3. The van der Waals surface area contributed by atoms with Gasteiger partial charge in [-0.25, -0.2) is 9.98 Å². The molecule has 0 fully saturated rings. The van der Waals surface area contributed by atoms with Crippen LogP contribution in [0.3, 0.4) is 0 Å². The summed E-state index contributed by atoms with van der Waals surface area (Å²) in [5, 5.41) is 7.81. The fraction of sp³-hybridized carbons (Fsp3) is 0.368. The summed E-state index contributed by atoms with van der Waals surface area (Å²) in [7, 11) is 0. The van der Waals surface area contributed by atoms with Crippen LogP contribution >= 0.6 is 0 Å². The molecule has 25 heavy (non-hydrogen) atoms. The average molecular weight is 339 g/mol. The zero-order valence-corrected chi connectivity index (χ0v) is 14.8. The van der Waals surface area contributed by atoms with Gasteiger partial charge in [-0.3, -0.25) is 0 Å². The molecule has 2 heterocycles. The molecule has 0 aliphatic rings. The largest absolute Gasteiger partial charge is 0.459 e. The maximum absolute atomic E-state index is 5.93. The van der Waals surface area contributed by atoms with E-state index in [2.05, 4.69) is 45.1 Å². The van der Waals surface area contributed by atoms with Gasteiger partial charge in [-0.2, -0.15) is 0 Å². The van der Waals surface area contributed by atoms with Crippen LogP contribution in [0.4, 0.5) is 0 Å². The molecule has 6 nitrogen and oxygen atoms in total. The van der Waals surface area contributed by atoms with Crippen molar-refractivity contribution in [2.24, 2.45) is 4.99 Å². The van der Waals surface area contributed by atoms with E-state index in [1.807, 2.05) is 30.7 Å². The Labute approximate surface area is 148 Å². The summed E-state index contributed by atoms with van der Waals surface area (Å²) < 4.78 is 8.00. The topological polar surface area (TPSA) is 67.4 Å². The first-order chi connectivity index (χ1) is 12.3. The number of guanidine groups is 1. The lowest BCUT2D eigenvalue weighted by atomic mass is 10.1. The Morgan fingerprint density at radius 1 is 1.28 bits per heavy atom. The molecule has 1 aromatic carbocycles. The predicted molar refractivity (Wildman–Crippen MR) is 101 cm³/mol. The molecule has 0 bridgehead atoms. The minimum atomic E-state index is 0.525. The van der Waals surface area contributed by atoms with E-state index in [0.29, 0.717) is 6.54 Å². The molecule has 0 aliphatic carbocycles. The van der Waals surface area contributed by atoms with Crippen molar-refractivity contribution in [3.63, 3.8) is 0 Å². The lowest BCUT2D eigenvalue weighted by molar-refractivity contribution is 0.547. The Bertz CT molecular complexity index is 820. The first-order valence-corrected chi connectivity index (χ1v) is 8.73. The lowest BCUT2D eigenvalue weighted by Gasteiger charge is -2.11. The third-order valence-electron chi connectivity index (χ3n) is 4.11. The van der Waals surface area contributed by atoms with Gasteiger partial charge in [0.05, 0.1) is 6.33 Å². The highest BCUT2D eigenvalue weighted by Crippen LogP contribution is 2.25. The maximum atomic E-state index is 5.93. The lowest BCUT2D eigenvalue weighted by Crippen LogP contribution is -2.38. The van der Waals surface area contributed by atoms with E-state index in [1.54, 1.807) is 6.20 Å². The number of benzene rings is 1. The van der Waals surface area contributed by atoms with E-state index in [1.165, 1.54) is 0 Å². The first-order valence-electron chi connectivity index (χ1n) is 8.73. The quantitative estimate of drug-likeness (QED) is 0.394. The number of hydrogen-bond acceptors (Lipinski definition) is 3. The monoisotopic (exact) mass is 339 g/mol. The molecule has 3 rings (SSSR count). The first kappa shape index (κ1) is 17.1. The standard InChI is InChI=1S/C19H25N5O/c1-3-21-19(22-9-6-11-24-12-10-20-14-24)23-13-18-15(2)16-7-4-5-8-17(16)25-18/h4-5,7-8,10,12,14H,3,6,9,11,13H2,1-2H3,(H2,21,22,23). The van der Waals surface area contributed by atoms with E-state index in [0.717, 1.165) is 54.3 Å². The molecule has 0 radical (unpaired) electrons. The van der Waals surface area contributed by atoms with Crippen molar-refractivity contribution >= 4 is 16.9 Å².